The minimum atomic E-state index is -0.623. The summed E-state index contributed by atoms with van der Waals surface area (Å²) in [5, 5.41) is 7.00. The molecule has 2 aromatic heterocycles. The van der Waals surface area contributed by atoms with Crippen molar-refractivity contribution in [3.8, 4) is 5.95 Å². The minimum Gasteiger partial charge on any atom is -0.463 e. The zero-order valence-electron chi connectivity index (χ0n) is 12.2. The van der Waals surface area contributed by atoms with E-state index < -0.39 is 5.97 Å². The van der Waals surface area contributed by atoms with Gasteiger partial charge in [-0.25, -0.2) is 9.78 Å². The van der Waals surface area contributed by atoms with E-state index >= 15 is 0 Å². The molecule has 0 saturated carbocycles. The van der Waals surface area contributed by atoms with Crippen LogP contribution in [0.1, 0.15) is 17.5 Å². The third kappa shape index (κ3) is 3.22. The fourth-order valence-corrected chi connectivity index (χ4v) is 1.44. The average Bonchev–Trinajstić information content (AvgIpc) is 2.96. The van der Waals surface area contributed by atoms with Gasteiger partial charge in [-0.1, -0.05) is 0 Å². The highest BCUT2D eigenvalue weighted by Gasteiger charge is 2.15. The Morgan fingerprint density at radius 3 is 2.76 bits per heavy atom. The molecule has 2 rings (SSSR count). The van der Waals surface area contributed by atoms with Crippen molar-refractivity contribution in [2.75, 3.05) is 38.0 Å². The number of carbonyl (C=O) groups is 1. The Morgan fingerprint density at radius 1 is 1.38 bits per heavy atom. The van der Waals surface area contributed by atoms with Crippen LogP contribution in [-0.4, -0.2) is 63.4 Å². The van der Waals surface area contributed by atoms with Gasteiger partial charge in [0.25, 0.3) is 11.8 Å². The van der Waals surface area contributed by atoms with E-state index in [1.807, 2.05) is 21.0 Å². The summed E-state index contributed by atoms with van der Waals surface area (Å²) in [5.74, 6) is 0.455. The zero-order valence-corrected chi connectivity index (χ0v) is 12.2. The lowest BCUT2D eigenvalue weighted by Gasteiger charge is -2.12. The molecule has 0 radical (unpaired) electrons. The van der Waals surface area contributed by atoms with Gasteiger partial charge in [-0.3, -0.25) is 0 Å². The second kappa shape index (κ2) is 6.11. The van der Waals surface area contributed by atoms with Gasteiger partial charge in [-0.05, 0) is 6.92 Å². The molecule has 0 spiro atoms. The number of ether oxygens (including phenoxy) is 1. The van der Waals surface area contributed by atoms with E-state index in [4.69, 9.17) is 0 Å². The Morgan fingerprint density at radius 2 is 2.14 bits per heavy atom. The number of carbonyl (C=O) groups excluding carboxylic acids is 1. The molecule has 1 N–H and O–H groups in total. The Kier molecular flexibility index (Phi) is 4.26. The quantitative estimate of drug-likeness (QED) is 0.744. The summed E-state index contributed by atoms with van der Waals surface area (Å²) in [7, 11) is 4.89. The number of aromatic nitrogens is 6. The van der Waals surface area contributed by atoms with Crippen molar-refractivity contribution in [3.63, 3.8) is 0 Å². The summed E-state index contributed by atoms with van der Waals surface area (Å²) >= 11 is 0. The summed E-state index contributed by atoms with van der Waals surface area (Å²) in [6, 6.07) is 0. The summed E-state index contributed by atoms with van der Waals surface area (Å²) < 4.78 is 5.85. The van der Waals surface area contributed by atoms with Crippen LogP contribution in [0.5, 0.6) is 0 Å². The second-order valence-corrected chi connectivity index (χ2v) is 4.19. The molecule has 112 valence electrons. The molecule has 21 heavy (non-hydrogen) atoms. The number of anilines is 2. The van der Waals surface area contributed by atoms with Gasteiger partial charge in [-0.2, -0.15) is 19.6 Å². The van der Waals surface area contributed by atoms with Gasteiger partial charge in [0.05, 0.1) is 7.11 Å². The van der Waals surface area contributed by atoms with E-state index in [1.54, 1.807) is 4.90 Å². The third-order valence-corrected chi connectivity index (χ3v) is 2.41. The van der Waals surface area contributed by atoms with Crippen LogP contribution < -0.4 is 10.2 Å². The number of hydrogen-bond acceptors (Lipinski definition) is 9. The maximum atomic E-state index is 11.4. The lowest BCUT2D eigenvalue weighted by molar-refractivity contribution is 0.0587. The smallest absolute Gasteiger partial charge is 0.377 e. The highest BCUT2D eigenvalue weighted by atomic mass is 16.5. The zero-order chi connectivity index (χ0) is 15.4. The van der Waals surface area contributed by atoms with Gasteiger partial charge < -0.3 is 15.0 Å². The second-order valence-electron chi connectivity index (χ2n) is 4.19. The highest BCUT2D eigenvalue weighted by molar-refractivity contribution is 5.84. The van der Waals surface area contributed by atoms with Crippen LogP contribution in [0.25, 0.3) is 5.95 Å². The van der Waals surface area contributed by atoms with Crippen LogP contribution >= 0.6 is 0 Å². The van der Waals surface area contributed by atoms with Gasteiger partial charge in [-0.15, -0.1) is 5.10 Å². The number of nitrogens with one attached hydrogen (secondary N) is 1. The normalized spacial score (nSPS) is 10.3. The molecule has 0 fully saturated rings. The van der Waals surface area contributed by atoms with Gasteiger partial charge in [0.2, 0.25) is 11.9 Å². The van der Waals surface area contributed by atoms with Crippen LogP contribution in [0, 0.1) is 0 Å². The summed E-state index contributed by atoms with van der Waals surface area (Å²) in [6.07, 6.45) is 1.34. The topological polar surface area (TPSA) is 111 Å². The molecule has 0 atom stereocenters. The molecule has 0 bridgehead atoms. The molecule has 0 aliphatic rings. The monoisotopic (exact) mass is 292 g/mol. The molecule has 0 unspecified atom stereocenters. The van der Waals surface area contributed by atoms with Crippen LogP contribution in [-0.2, 0) is 4.74 Å². The minimum absolute atomic E-state index is 0.0608. The van der Waals surface area contributed by atoms with Crippen molar-refractivity contribution >= 4 is 17.9 Å². The van der Waals surface area contributed by atoms with Crippen molar-refractivity contribution in [2.45, 2.75) is 6.92 Å². The van der Waals surface area contributed by atoms with Crippen molar-refractivity contribution in [1.29, 1.82) is 0 Å². The first-order valence-corrected chi connectivity index (χ1v) is 6.22. The van der Waals surface area contributed by atoms with E-state index in [0.717, 1.165) is 0 Å². The Bertz CT molecular complexity index is 639. The molecule has 2 aromatic rings. The number of hydrogen-bond donors (Lipinski definition) is 1. The van der Waals surface area contributed by atoms with Gasteiger partial charge in [0.15, 0.2) is 0 Å². The first kappa shape index (κ1) is 14.6. The predicted octanol–water partition coefficient (Wildman–Crippen LogP) is -0.263. The molecule has 10 nitrogen and oxygen atoms in total. The average molecular weight is 292 g/mol. The summed E-state index contributed by atoms with van der Waals surface area (Å²) in [5.41, 5.74) is 0. The lowest BCUT2D eigenvalue weighted by atomic mass is 10.6. The van der Waals surface area contributed by atoms with Gasteiger partial charge in [0.1, 0.15) is 6.33 Å². The third-order valence-electron chi connectivity index (χ3n) is 2.41. The standard InChI is InChI=1S/C11H16N8O2/c1-5-12-9-14-10(18(2)3)16-11(15-9)19-6-13-7(17-19)8(20)21-4/h6H,5H2,1-4H3,(H,12,14,15,16). The van der Waals surface area contributed by atoms with Crippen LogP contribution in [0.2, 0.25) is 0 Å². The van der Waals surface area contributed by atoms with E-state index in [2.05, 4.69) is 35.1 Å². The molecule has 0 aliphatic carbocycles. The van der Waals surface area contributed by atoms with Gasteiger partial charge >= 0.3 is 5.97 Å². The van der Waals surface area contributed by atoms with E-state index in [-0.39, 0.29) is 11.8 Å². The Balaban J connectivity index is 2.42. The summed E-state index contributed by atoms with van der Waals surface area (Å²) in [4.78, 5) is 29.7. The molecule has 2 heterocycles. The molecule has 10 heteroatoms. The lowest BCUT2D eigenvalue weighted by Crippen LogP contribution is -2.17. The molecule has 0 saturated heterocycles. The van der Waals surface area contributed by atoms with E-state index in [1.165, 1.54) is 18.1 Å². The number of esters is 1. The first-order chi connectivity index (χ1) is 10.0. The molecule has 0 amide bonds. The molecule has 0 aromatic carbocycles. The van der Waals surface area contributed by atoms with Crippen molar-refractivity contribution in [2.24, 2.45) is 0 Å². The summed E-state index contributed by atoms with van der Waals surface area (Å²) in [6.45, 7) is 2.60. The van der Waals surface area contributed by atoms with Crippen LogP contribution in [0.3, 0.4) is 0 Å². The van der Waals surface area contributed by atoms with Gasteiger partial charge in [0, 0.05) is 20.6 Å². The maximum Gasteiger partial charge on any atom is 0.377 e. The van der Waals surface area contributed by atoms with Crippen molar-refractivity contribution in [3.05, 3.63) is 12.2 Å². The number of rotatable bonds is 5. The molecule has 0 aliphatic heterocycles. The van der Waals surface area contributed by atoms with Crippen LogP contribution in [0.4, 0.5) is 11.9 Å². The largest absolute Gasteiger partial charge is 0.463 e. The van der Waals surface area contributed by atoms with Crippen LogP contribution in [0.15, 0.2) is 6.33 Å². The first-order valence-electron chi connectivity index (χ1n) is 6.22. The molecular formula is C11H16N8O2. The van der Waals surface area contributed by atoms with Crippen molar-refractivity contribution in [1.82, 2.24) is 29.7 Å². The SMILES string of the molecule is CCNc1nc(N(C)C)nc(-n2cnc(C(=O)OC)n2)n1. The Labute approximate surface area is 121 Å². The van der Waals surface area contributed by atoms with E-state index in [9.17, 15) is 4.79 Å². The number of nitrogens with zero attached hydrogens (tertiary/aromatic N) is 7. The van der Waals surface area contributed by atoms with Crippen molar-refractivity contribution < 1.29 is 9.53 Å². The number of methoxy groups -OCH3 is 1. The van der Waals surface area contributed by atoms with E-state index in [0.29, 0.717) is 18.4 Å². The fraction of sp³-hybridized carbons (Fsp3) is 0.455. The fourth-order valence-electron chi connectivity index (χ4n) is 1.44. The highest BCUT2D eigenvalue weighted by Crippen LogP contribution is 2.10. The Hall–Kier alpha value is -2.78. The molecular weight excluding hydrogens is 276 g/mol. The maximum absolute atomic E-state index is 11.4. The predicted molar refractivity (Wildman–Crippen MR) is 74.6 cm³/mol.